The van der Waals surface area contributed by atoms with Crippen LogP contribution < -0.4 is 0 Å². The van der Waals surface area contributed by atoms with E-state index < -0.39 is 0 Å². The van der Waals surface area contributed by atoms with Crippen molar-refractivity contribution in [3.8, 4) is 0 Å². The summed E-state index contributed by atoms with van der Waals surface area (Å²) in [5, 5.41) is 0. The molecule has 2 unspecified atom stereocenters. The molecular formula is C20H35NO2. The van der Waals surface area contributed by atoms with E-state index in [0.29, 0.717) is 23.0 Å². The average molecular weight is 322 g/mol. The van der Waals surface area contributed by atoms with Crippen LogP contribution in [0.4, 0.5) is 0 Å². The molecule has 3 heterocycles. The Morgan fingerprint density at radius 2 is 1.70 bits per heavy atom. The second-order valence-electron chi connectivity index (χ2n) is 9.63. The normalized spacial score (nSPS) is 34.7. The monoisotopic (exact) mass is 321 g/mol. The van der Waals surface area contributed by atoms with Gasteiger partial charge in [0.15, 0.2) is 0 Å². The first-order chi connectivity index (χ1) is 11.0. The van der Waals surface area contributed by atoms with Gasteiger partial charge in [0.1, 0.15) is 0 Å². The predicted molar refractivity (Wildman–Crippen MR) is 92.5 cm³/mol. The van der Waals surface area contributed by atoms with Gasteiger partial charge in [-0.2, -0.15) is 0 Å². The van der Waals surface area contributed by atoms with E-state index in [-0.39, 0.29) is 0 Å². The SMILES string of the molecule is CC(CC1CC2(CO1)CN(C(C)C)C2)C1CC2(CCOCC2)C1. The quantitative estimate of drug-likeness (QED) is 0.788. The van der Waals surface area contributed by atoms with E-state index in [9.17, 15) is 0 Å². The van der Waals surface area contributed by atoms with Gasteiger partial charge in [-0.25, -0.2) is 0 Å². The summed E-state index contributed by atoms with van der Waals surface area (Å²) in [6.07, 6.45) is 8.67. The van der Waals surface area contributed by atoms with Crippen LogP contribution >= 0.6 is 0 Å². The molecule has 2 spiro atoms. The number of ether oxygens (including phenoxy) is 2. The van der Waals surface area contributed by atoms with Crippen molar-refractivity contribution in [3.63, 3.8) is 0 Å². The van der Waals surface area contributed by atoms with Crippen molar-refractivity contribution in [2.45, 2.75) is 71.4 Å². The molecule has 4 rings (SSSR count). The molecule has 0 amide bonds. The Bertz CT molecular complexity index is 415. The summed E-state index contributed by atoms with van der Waals surface area (Å²) in [6, 6.07) is 0.698. The van der Waals surface area contributed by atoms with Gasteiger partial charge in [-0.15, -0.1) is 0 Å². The van der Waals surface area contributed by atoms with Crippen LogP contribution in [-0.2, 0) is 9.47 Å². The van der Waals surface area contributed by atoms with Gasteiger partial charge in [0.25, 0.3) is 0 Å². The van der Waals surface area contributed by atoms with E-state index in [1.54, 1.807) is 0 Å². The Hall–Kier alpha value is -0.120. The third-order valence-electron chi connectivity index (χ3n) is 7.48. The van der Waals surface area contributed by atoms with Crippen LogP contribution in [0.5, 0.6) is 0 Å². The minimum atomic E-state index is 0.510. The van der Waals surface area contributed by atoms with Gasteiger partial charge < -0.3 is 9.47 Å². The molecule has 4 aliphatic rings. The lowest BCUT2D eigenvalue weighted by atomic mass is 9.55. The molecule has 4 fully saturated rings. The van der Waals surface area contributed by atoms with Gasteiger partial charge in [-0.3, -0.25) is 4.90 Å². The third-order valence-corrected chi connectivity index (χ3v) is 7.48. The van der Waals surface area contributed by atoms with E-state index in [4.69, 9.17) is 9.47 Å². The second kappa shape index (κ2) is 6.00. The molecule has 0 aromatic heterocycles. The molecule has 3 heteroatoms. The summed E-state index contributed by atoms with van der Waals surface area (Å²) in [6.45, 7) is 12.6. The third kappa shape index (κ3) is 3.09. The van der Waals surface area contributed by atoms with Crippen molar-refractivity contribution < 1.29 is 9.47 Å². The first kappa shape index (κ1) is 16.4. The van der Waals surface area contributed by atoms with Crippen LogP contribution in [0.25, 0.3) is 0 Å². The molecule has 0 radical (unpaired) electrons. The molecule has 0 aromatic carbocycles. The fourth-order valence-electron chi connectivity index (χ4n) is 5.72. The molecule has 3 saturated heterocycles. The van der Waals surface area contributed by atoms with Crippen LogP contribution in [0.1, 0.15) is 59.3 Å². The molecular weight excluding hydrogens is 286 g/mol. The van der Waals surface area contributed by atoms with Crippen molar-refractivity contribution in [1.82, 2.24) is 4.90 Å². The maximum atomic E-state index is 6.22. The summed E-state index contributed by atoms with van der Waals surface area (Å²) in [5.74, 6) is 1.78. The largest absolute Gasteiger partial charge is 0.381 e. The summed E-state index contributed by atoms with van der Waals surface area (Å²) >= 11 is 0. The van der Waals surface area contributed by atoms with Gasteiger partial charge in [0, 0.05) is 37.8 Å². The molecule has 0 bridgehead atoms. The maximum absolute atomic E-state index is 6.22. The highest BCUT2D eigenvalue weighted by Gasteiger charge is 2.51. The lowest BCUT2D eigenvalue weighted by Gasteiger charge is -2.52. The van der Waals surface area contributed by atoms with Crippen LogP contribution in [-0.4, -0.2) is 50.0 Å². The van der Waals surface area contributed by atoms with E-state index in [0.717, 1.165) is 31.7 Å². The van der Waals surface area contributed by atoms with Crippen LogP contribution in [0, 0.1) is 22.7 Å². The molecule has 132 valence electrons. The van der Waals surface area contributed by atoms with Crippen LogP contribution in [0.15, 0.2) is 0 Å². The smallest absolute Gasteiger partial charge is 0.0585 e. The number of likely N-dealkylation sites (tertiary alicyclic amines) is 1. The number of rotatable bonds is 4. The topological polar surface area (TPSA) is 21.7 Å². The lowest BCUT2D eigenvalue weighted by Crippen LogP contribution is -2.59. The van der Waals surface area contributed by atoms with Gasteiger partial charge >= 0.3 is 0 Å². The number of nitrogens with zero attached hydrogens (tertiary/aromatic N) is 1. The van der Waals surface area contributed by atoms with Crippen LogP contribution in [0.3, 0.4) is 0 Å². The molecule has 1 aliphatic carbocycles. The van der Waals surface area contributed by atoms with Gasteiger partial charge in [-0.05, 0) is 69.6 Å². The maximum Gasteiger partial charge on any atom is 0.0585 e. The molecule has 0 N–H and O–H groups in total. The van der Waals surface area contributed by atoms with Crippen molar-refractivity contribution >= 4 is 0 Å². The van der Waals surface area contributed by atoms with Crippen molar-refractivity contribution in [2.24, 2.45) is 22.7 Å². The highest BCUT2D eigenvalue weighted by molar-refractivity contribution is 5.02. The predicted octanol–water partition coefficient (Wildman–Crippen LogP) is 3.72. The number of hydrogen-bond donors (Lipinski definition) is 0. The van der Waals surface area contributed by atoms with E-state index in [1.807, 2.05) is 0 Å². The standard InChI is InChI=1S/C20H35NO2/c1-15(2)21-12-20(13-21)11-18(23-14-20)8-16(3)17-9-19(10-17)4-6-22-7-5-19/h15-18H,4-14H2,1-3H3. The van der Waals surface area contributed by atoms with E-state index in [1.165, 1.54) is 51.6 Å². The molecule has 2 atom stereocenters. The minimum Gasteiger partial charge on any atom is -0.381 e. The first-order valence-electron chi connectivity index (χ1n) is 9.93. The zero-order valence-corrected chi connectivity index (χ0v) is 15.4. The summed E-state index contributed by atoms with van der Waals surface area (Å²) in [7, 11) is 0. The highest BCUT2D eigenvalue weighted by atomic mass is 16.5. The lowest BCUT2D eigenvalue weighted by molar-refractivity contribution is -0.0776. The number of hydrogen-bond acceptors (Lipinski definition) is 3. The van der Waals surface area contributed by atoms with Crippen molar-refractivity contribution in [1.29, 1.82) is 0 Å². The Labute approximate surface area is 142 Å². The summed E-state index contributed by atoms with van der Waals surface area (Å²) in [5.41, 5.74) is 1.18. The molecule has 3 nitrogen and oxygen atoms in total. The fourth-order valence-corrected chi connectivity index (χ4v) is 5.72. The first-order valence-corrected chi connectivity index (χ1v) is 9.93. The molecule has 0 aromatic rings. The Balaban J connectivity index is 1.21. The minimum absolute atomic E-state index is 0.510. The summed E-state index contributed by atoms with van der Waals surface area (Å²) < 4.78 is 11.8. The van der Waals surface area contributed by atoms with Gasteiger partial charge in [-0.1, -0.05) is 6.92 Å². The molecule has 3 aliphatic heterocycles. The van der Waals surface area contributed by atoms with Gasteiger partial charge in [0.2, 0.25) is 0 Å². The van der Waals surface area contributed by atoms with Gasteiger partial charge in [0.05, 0.1) is 12.7 Å². The average Bonchev–Trinajstić information content (AvgIpc) is 2.88. The second-order valence-corrected chi connectivity index (χ2v) is 9.63. The molecule has 1 saturated carbocycles. The zero-order chi connectivity index (χ0) is 16.1. The van der Waals surface area contributed by atoms with E-state index in [2.05, 4.69) is 25.7 Å². The molecule has 23 heavy (non-hydrogen) atoms. The highest BCUT2D eigenvalue weighted by Crippen LogP contribution is 2.55. The fraction of sp³-hybridized carbons (Fsp3) is 1.00. The van der Waals surface area contributed by atoms with Crippen molar-refractivity contribution in [3.05, 3.63) is 0 Å². The zero-order valence-electron chi connectivity index (χ0n) is 15.4. The summed E-state index contributed by atoms with van der Waals surface area (Å²) in [4.78, 5) is 2.59. The van der Waals surface area contributed by atoms with Crippen LogP contribution in [0.2, 0.25) is 0 Å². The Morgan fingerprint density at radius 1 is 1.00 bits per heavy atom. The van der Waals surface area contributed by atoms with E-state index >= 15 is 0 Å². The Morgan fingerprint density at radius 3 is 2.35 bits per heavy atom. The Kier molecular flexibility index (Phi) is 4.26. The van der Waals surface area contributed by atoms with Crippen molar-refractivity contribution in [2.75, 3.05) is 32.9 Å².